The van der Waals surface area contributed by atoms with Crippen molar-refractivity contribution in [1.29, 1.82) is 0 Å². The van der Waals surface area contributed by atoms with Crippen LogP contribution in [-0.4, -0.2) is 116 Å². The summed E-state index contributed by atoms with van der Waals surface area (Å²) >= 11 is 0. The maximum atomic E-state index is 14.0. The molecule has 0 radical (unpaired) electrons. The number of carbonyl (C=O) groups excluding carboxylic acids is 1. The first-order valence-electron chi connectivity index (χ1n) is 15.0. The number of aromatic nitrogens is 2. The molecule has 2 saturated heterocycles. The number of aliphatic carboxylic acids is 3. The van der Waals surface area contributed by atoms with Crippen molar-refractivity contribution in [3.8, 4) is 5.75 Å². The molecule has 1 spiro atoms. The van der Waals surface area contributed by atoms with E-state index in [1.165, 1.54) is 0 Å². The molecule has 1 aromatic carbocycles. The van der Waals surface area contributed by atoms with E-state index in [2.05, 4.69) is 20.9 Å². The zero-order valence-corrected chi connectivity index (χ0v) is 27.7. The van der Waals surface area contributed by atoms with E-state index >= 15 is 0 Å². The van der Waals surface area contributed by atoms with Gasteiger partial charge in [-0.2, -0.15) is 39.5 Å². The fraction of sp³-hybridized carbons (Fsp3) is 0.375. The molecule has 2 atom stereocenters. The van der Waals surface area contributed by atoms with Gasteiger partial charge in [-0.05, 0) is 41.0 Å². The Morgan fingerprint density at radius 2 is 1.30 bits per heavy atom. The van der Waals surface area contributed by atoms with Crippen molar-refractivity contribution >= 4 is 23.8 Å². The molecule has 3 N–H and O–H groups in total. The summed E-state index contributed by atoms with van der Waals surface area (Å²) in [6.45, 7) is 3.63. The summed E-state index contributed by atoms with van der Waals surface area (Å²) in [4.78, 5) is 53.5. The quantitative estimate of drug-likeness (QED) is 0.292. The molecule has 0 saturated carbocycles. The third-order valence-corrected chi connectivity index (χ3v) is 7.31. The molecule has 3 aromatic rings. The summed E-state index contributed by atoms with van der Waals surface area (Å²) in [6, 6.07) is 15.9. The third-order valence-electron chi connectivity index (χ3n) is 7.31. The van der Waals surface area contributed by atoms with E-state index in [4.69, 9.17) is 39.2 Å². The van der Waals surface area contributed by atoms with E-state index in [0.29, 0.717) is 26.2 Å². The van der Waals surface area contributed by atoms with Crippen LogP contribution in [0.3, 0.4) is 0 Å². The monoisotopic (exact) mass is 786 g/mol. The molecule has 54 heavy (non-hydrogen) atoms. The average Bonchev–Trinajstić information content (AvgIpc) is 3.45. The Morgan fingerprint density at radius 1 is 0.796 bits per heavy atom. The van der Waals surface area contributed by atoms with Gasteiger partial charge in [0.2, 0.25) is 0 Å². The Balaban J connectivity index is 0.000000393. The number of nitrogens with zero attached hydrogens (tertiary/aromatic N) is 4. The molecule has 13 nitrogen and oxygen atoms in total. The zero-order chi connectivity index (χ0) is 40.9. The van der Waals surface area contributed by atoms with Crippen LogP contribution in [0, 0.1) is 0 Å². The van der Waals surface area contributed by atoms with Gasteiger partial charge in [0.05, 0.1) is 13.7 Å². The number of methoxy groups -OCH3 is 1. The Hall–Kier alpha value is -5.51. The van der Waals surface area contributed by atoms with Gasteiger partial charge in [-0.15, -0.1) is 0 Å². The lowest BCUT2D eigenvalue weighted by atomic mass is 9.83. The highest BCUT2D eigenvalue weighted by Gasteiger charge is 2.57. The van der Waals surface area contributed by atoms with Gasteiger partial charge >= 0.3 is 36.4 Å². The Labute approximate surface area is 299 Å². The number of carbonyl (C=O) groups is 4. The molecule has 2 aliphatic heterocycles. The van der Waals surface area contributed by atoms with E-state index < -0.39 is 42.0 Å². The molecule has 4 heterocycles. The molecule has 5 rings (SSSR count). The predicted molar refractivity (Wildman–Crippen MR) is 165 cm³/mol. The lowest BCUT2D eigenvalue weighted by Crippen LogP contribution is -2.59. The van der Waals surface area contributed by atoms with Crippen molar-refractivity contribution in [2.24, 2.45) is 0 Å². The SMILES string of the molecule is COc1ccc(CN2CCOC3(CN(Cc4cccnc4)CC3c3cccnc3)C2=O)cc1.O=C(O)C(F)(F)F.O=C(O)C(F)(F)F.O=C(O)C(F)(F)F. The van der Waals surface area contributed by atoms with E-state index in [0.717, 1.165) is 35.5 Å². The number of hydrogen-bond donors (Lipinski definition) is 3. The number of carboxylic acids is 3. The minimum atomic E-state index is -5.08. The fourth-order valence-corrected chi connectivity index (χ4v) is 4.97. The predicted octanol–water partition coefficient (Wildman–Crippen LogP) is 4.78. The van der Waals surface area contributed by atoms with E-state index in [-0.39, 0.29) is 11.8 Å². The van der Waals surface area contributed by atoms with Crippen molar-refractivity contribution in [2.45, 2.75) is 43.1 Å². The van der Waals surface area contributed by atoms with Crippen LogP contribution in [0.5, 0.6) is 5.75 Å². The van der Waals surface area contributed by atoms with Gasteiger partial charge in [0.1, 0.15) is 5.75 Å². The summed E-state index contributed by atoms with van der Waals surface area (Å²) in [5.74, 6) is -7.50. The van der Waals surface area contributed by atoms with Gasteiger partial charge in [0.15, 0.2) is 5.60 Å². The van der Waals surface area contributed by atoms with Crippen LogP contribution in [0.15, 0.2) is 73.3 Å². The first-order chi connectivity index (χ1) is 25.0. The maximum Gasteiger partial charge on any atom is 0.490 e. The van der Waals surface area contributed by atoms with E-state index in [1.807, 2.05) is 59.8 Å². The number of ether oxygens (including phenoxy) is 2. The zero-order valence-electron chi connectivity index (χ0n) is 27.7. The van der Waals surface area contributed by atoms with Gasteiger partial charge in [-0.25, -0.2) is 14.4 Å². The van der Waals surface area contributed by atoms with Gasteiger partial charge in [0, 0.05) is 63.4 Å². The van der Waals surface area contributed by atoms with Crippen molar-refractivity contribution in [2.75, 3.05) is 33.4 Å². The highest BCUT2D eigenvalue weighted by atomic mass is 19.4. The standard InChI is InChI=1S/C26H28N4O3.3C2HF3O2/c1-32-23-8-6-20(7-9-23)17-30-12-13-33-26(25(30)31)19-29(16-21-4-2-10-27-14-21)18-24(26)22-5-3-11-28-15-22;3*3-2(4,5)1(6)7/h2-11,14-15,24H,12-13,16-19H2,1H3;3*(H,6,7). The second-order valence-electron chi connectivity index (χ2n) is 11.1. The van der Waals surface area contributed by atoms with Crippen LogP contribution >= 0.6 is 0 Å². The van der Waals surface area contributed by atoms with Crippen LogP contribution < -0.4 is 4.74 Å². The van der Waals surface area contributed by atoms with Crippen LogP contribution in [-0.2, 0) is 37.0 Å². The Morgan fingerprint density at radius 3 is 1.72 bits per heavy atom. The second kappa shape index (κ2) is 19.0. The van der Waals surface area contributed by atoms with Gasteiger partial charge in [-0.3, -0.25) is 19.7 Å². The molecule has 2 aromatic heterocycles. The maximum absolute atomic E-state index is 14.0. The molecule has 0 aliphatic carbocycles. The molecule has 22 heteroatoms. The van der Waals surface area contributed by atoms with E-state index in [1.54, 1.807) is 19.5 Å². The summed E-state index contributed by atoms with van der Waals surface area (Å²) in [5, 5.41) is 21.4. The molecule has 2 unspecified atom stereocenters. The van der Waals surface area contributed by atoms with Crippen LogP contribution in [0.2, 0.25) is 0 Å². The number of halogens is 9. The number of benzene rings is 1. The molecule has 296 valence electrons. The van der Waals surface area contributed by atoms with Gasteiger partial charge < -0.3 is 29.7 Å². The molecule has 2 aliphatic rings. The first-order valence-corrected chi connectivity index (χ1v) is 15.0. The lowest BCUT2D eigenvalue weighted by molar-refractivity contribution is -0.193. The smallest absolute Gasteiger partial charge is 0.490 e. The largest absolute Gasteiger partial charge is 0.497 e. The highest BCUT2D eigenvalue weighted by molar-refractivity contribution is 5.88. The van der Waals surface area contributed by atoms with Crippen molar-refractivity contribution in [3.63, 3.8) is 0 Å². The normalized spacial score (nSPS) is 18.6. The number of likely N-dealkylation sites (tertiary alicyclic amines) is 1. The summed E-state index contributed by atoms with van der Waals surface area (Å²) in [7, 11) is 1.65. The summed E-state index contributed by atoms with van der Waals surface area (Å²) in [6.07, 6.45) is -7.97. The molecular weight excluding hydrogens is 755 g/mol. The topological polar surface area (TPSA) is 180 Å². The second-order valence-corrected chi connectivity index (χ2v) is 11.1. The Kier molecular flexibility index (Phi) is 15.7. The van der Waals surface area contributed by atoms with Gasteiger partial charge in [-0.1, -0.05) is 24.3 Å². The van der Waals surface area contributed by atoms with Crippen molar-refractivity contribution in [1.82, 2.24) is 19.8 Å². The lowest BCUT2D eigenvalue weighted by Gasteiger charge is -2.42. The Bertz CT molecular complexity index is 1620. The average molecular weight is 787 g/mol. The minimum Gasteiger partial charge on any atom is -0.497 e. The number of hydrogen-bond acceptors (Lipinski definition) is 9. The molecular formula is C32H31F9N4O9. The van der Waals surface area contributed by atoms with Crippen molar-refractivity contribution < 1.29 is 83.5 Å². The third kappa shape index (κ3) is 13.5. The minimum absolute atomic E-state index is 0.0482. The fourth-order valence-electron chi connectivity index (χ4n) is 4.97. The number of carboxylic acid groups (broad SMARTS) is 3. The first kappa shape index (κ1) is 44.7. The van der Waals surface area contributed by atoms with E-state index in [9.17, 15) is 44.3 Å². The highest BCUT2D eigenvalue weighted by Crippen LogP contribution is 2.42. The number of pyridine rings is 2. The van der Waals surface area contributed by atoms with Crippen molar-refractivity contribution in [3.05, 3.63) is 90.0 Å². The summed E-state index contributed by atoms with van der Waals surface area (Å²) in [5.41, 5.74) is 2.31. The van der Waals surface area contributed by atoms with Crippen LogP contribution in [0.1, 0.15) is 22.6 Å². The molecule has 1 amide bonds. The van der Waals surface area contributed by atoms with Gasteiger partial charge in [0.25, 0.3) is 5.91 Å². The number of amides is 1. The van der Waals surface area contributed by atoms with Crippen LogP contribution in [0.4, 0.5) is 39.5 Å². The molecule has 2 fully saturated rings. The number of rotatable bonds is 6. The molecule has 0 bridgehead atoms. The van der Waals surface area contributed by atoms with Crippen LogP contribution in [0.25, 0.3) is 0 Å². The summed E-state index contributed by atoms with van der Waals surface area (Å²) < 4.78 is 107. The number of morpholine rings is 1. The number of alkyl halides is 9.